The molecule has 1 aromatic carbocycles. The van der Waals surface area contributed by atoms with Crippen LogP contribution in [0, 0.1) is 13.8 Å². The average molecular weight is 264 g/mol. The summed E-state index contributed by atoms with van der Waals surface area (Å²) in [5.74, 6) is 0.995. The van der Waals surface area contributed by atoms with Crippen molar-refractivity contribution in [1.82, 2.24) is 4.90 Å². The molecule has 0 aliphatic heterocycles. The van der Waals surface area contributed by atoms with E-state index in [1.807, 2.05) is 0 Å². The Labute approximate surface area is 117 Å². The van der Waals surface area contributed by atoms with Gasteiger partial charge in [0.15, 0.2) is 0 Å². The molecule has 3 heteroatoms. The molecule has 0 bridgehead atoms. The smallest absolute Gasteiger partial charge is 0.124 e. The first kappa shape index (κ1) is 16.0. The normalized spacial score (nSPS) is 12.0. The molecule has 0 atom stereocenters. The lowest BCUT2D eigenvalue weighted by Crippen LogP contribution is -2.36. The maximum atomic E-state index is 6.02. The van der Waals surface area contributed by atoms with Crippen molar-refractivity contribution in [3.8, 4) is 5.75 Å². The summed E-state index contributed by atoms with van der Waals surface area (Å²) in [4.78, 5) is 2.31. The fourth-order valence-corrected chi connectivity index (χ4v) is 2.32. The van der Waals surface area contributed by atoms with Crippen molar-refractivity contribution in [2.45, 2.75) is 46.2 Å². The zero-order valence-corrected chi connectivity index (χ0v) is 13.2. The van der Waals surface area contributed by atoms with Crippen molar-refractivity contribution in [2.24, 2.45) is 5.73 Å². The summed E-state index contributed by atoms with van der Waals surface area (Å²) in [7, 11) is 3.87. The molecule has 0 unspecified atom stereocenters. The van der Waals surface area contributed by atoms with Crippen LogP contribution in [0.15, 0.2) is 12.1 Å². The van der Waals surface area contributed by atoms with Crippen LogP contribution in [0.3, 0.4) is 0 Å². The molecule has 0 amide bonds. The Hall–Kier alpha value is -1.06. The van der Waals surface area contributed by atoms with Crippen LogP contribution < -0.4 is 10.5 Å². The second-order valence-corrected chi connectivity index (χ2v) is 6.24. The maximum absolute atomic E-state index is 6.02. The quantitative estimate of drug-likeness (QED) is 0.858. The zero-order chi connectivity index (χ0) is 14.6. The number of rotatable bonds is 6. The van der Waals surface area contributed by atoms with Crippen molar-refractivity contribution >= 4 is 0 Å². The van der Waals surface area contributed by atoms with Gasteiger partial charge in [-0.1, -0.05) is 12.1 Å². The van der Waals surface area contributed by atoms with Crippen LogP contribution >= 0.6 is 0 Å². The summed E-state index contributed by atoms with van der Waals surface area (Å²) in [6.07, 6.45) is 0.998. The lowest BCUT2D eigenvalue weighted by atomic mass is 10.0. The van der Waals surface area contributed by atoms with E-state index in [0.717, 1.165) is 25.3 Å². The molecule has 0 aliphatic carbocycles. The van der Waals surface area contributed by atoms with E-state index in [1.54, 1.807) is 7.11 Å². The molecule has 0 heterocycles. The van der Waals surface area contributed by atoms with Gasteiger partial charge in [0.1, 0.15) is 5.75 Å². The van der Waals surface area contributed by atoms with E-state index < -0.39 is 0 Å². The van der Waals surface area contributed by atoms with Gasteiger partial charge in [-0.25, -0.2) is 0 Å². The largest absolute Gasteiger partial charge is 0.496 e. The van der Waals surface area contributed by atoms with Gasteiger partial charge in [0.05, 0.1) is 7.11 Å². The lowest BCUT2D eigenvalue weighted by molar-refractivity contribution is 0.289. The number of benzene rings is 1. The highest BCUT2D eigenvalue weighted by Gasteiger charge is 2.12. The number of ether oxygens (including phenoxy) is 1. The Morgan fingerprint density at radius 2 is 1.74 bits per heavy atom. The number of hydrogen-bond donors (Lipinski definition) is 1. The van der Waals surface area contributed by atoms with Gasteiger partial charge in [-0.15, -0.1) is 0 Å². The highest BCUT2D eigenvalue weighted by atomic mass is 16.5. The van der Waals surface area contributed by atoms with Gasteiger partial charge in [-0.05, 0) is 64.4 Å². The number of hydrogen-bond acceptors (Lipinski definition) is 3. The van der Waals surface area contributed by atoms with Gasteiger partial charge < -0.3 is 15.4 Å². The van der Waals surface area contributed by atoms with E-state index in [9.17, 15) is 0 Å². The van der Waals surface area contributed by atoms with Gasteiger partial charge in [0, 0.05) is 12.1 Å². The molecule has 19 heavy (non-hydrogen) atoms. The van der Waals surface area contributed by atoms with Crippen LogP contribution in [0.1, 0.15) is 37.0 Å². The Morgan fingerprint density at radius 3 is 2.16 bits per heavy atom. The summed E-state index contributed by atoms with van der Waals surface area (Å²) in [6, 6.07) is 4.41. The number of nitrogens with zero attached hydrogens (tertiary/aromatic N) is 1. The minimum Gasteiger partial charge on any atom is -0.496 e. The lowest BCUT2D eigenvalue weighted by Gasteiger charge is -2.24. The standard InChI is InChI=1S/C16H28N2O/c1-12-9-14(10-13(2)15(12)19-6)11-18(5)8-7-16(3,4)17/h9-10H,7-8,11,17H2,1-6H3. The first-order chi connectivity index (χ1) is 8.73. The van der Waals surface area contributed by atoms with Crippen LogP contribution in [0.25, 0.3) is 0 Å². The van der Waals surface area contributed by atoms with Crippen molar-refractivity contribution in [3.05, 3.63) is 28.8 Å². The Kier molecular flexibility index (Phi) is 5.39. The molecule has 0 radical (unpaired) electrons. The summed E-state index contributed by atoms with van der Waals surface area (Å²) in [6.45, 7) is 10.3. The fraction of sp³-hybridized carbons (Fsp3) is 0.625. The molecule has 0 aliphatic rings. The van der Waals surface area contributed by atoms with E-state index in [4.69, 9.17) is 10.5 Å². The molecule has 1 aromatic rings. The molecular formula is C16H28N2O. The Bertz CT molecular complexity index is 398. The van der Waals surface area contributed by atoms with Crippen LogP contribution in [-0.4, -0.2) is 31.1 Å². The van der Waals surface area contributed by atoms with Gasteiger partial charge in [-0.2, -0.15) is 0 Å². The van der Waals surface area contributed by atoms with Crippen molar-refractivity contribution in [3.63, 3.8) is 0 Å². The van der Waals surface area contributed by atoms with Crippen molar-refractivity contribution in [2.75, 3.05) is 20.7 Å². The molecule has 1 rings (SSSR count). The number of aryl methyl sites for hydroxylation is 2. The van der Waals surface area contributed by atoms with E-state index in [-0.39, 0.29) is 5.54 Å². The van der Waals surface area contributed by atoms with Crippen molar-refractivity contribution in [1.29, 1.82) is 0 Å². The summed E-state index contributed by atoms with van der Waals surface area (Å²) < 4.78 is 5.40. The minimum atomic E-state index is -0.0972. The molecule has 3 nitrogen and oxygen atoms in total. The Morgan fingerprint density at radius 1 is 1.21 bits per heavy atom. The predicted octanol–water partition coefficient (Wildman–Crippen LogP) is 2.87. The fourth-order valence-electron chi connectivity index (χ4n) is 2.32. The predicted molar refractivity (Wildman–Crippen MR) is 81.7 cm³/mol. The molecular weight excluding hydrogens is 236 g/mol. The Balaban J connectivity index is 2.67. The summed E-state index contributed by atoms with van der Waals surface area (Å²) in [5.41, 5.74) is 9.65. The zero-order valence-electron chi connectivity index (χ0n) is 13.2. The van der Waals surface area contributed by atoms with Gasteiger partial charge in [0.25, 0.3) is 0 Å². The second-order valence-electron chi connectivity index (χ2n) is 6.24. The molecule has 0 saturated carbocycles. The molecule has 0 fully saturated rings. The second kappa shape index (κ2) is 6.40. The van der Waals surface area contributed by atoms with Crippen LogP contribution in [-0.2, 0) is 6.54 Å². The van der Waals surface area contributed by atoms with E-state index in [1.165, 1.54) is 16.7 Å². The number of methoxy groups -OCH3 is 1. The van der Waals surface area contributed by atoms with Gasteiger partial charge in [0.2, 0.25) is 0 Å². The van der Waals surface area contributed by atoms with E-state index in [2.05, 4.69) is 51.8 Å². The highest BCUT2D eigenvalue weighted by molar-refractivity contribution is 5.43. The van der Waals surface area contributed by atoms with Crippen LogP contribution in [0.5, 0.6) is 5.75 Å². The third-order valence-corrected chi connectivity index (χ3v) is 3.31. The summed E-state index contributed by atoms with van der Waals surface area (Å²) >= 11 is 0. The highest BCUT2D eigenvalue weighted by Crippen LogP contribution is 2.24. The SMILES string of the molecule is COc1c(C)cc(CN(C)CCC(C)(C)N)cc1C. The topological polar surface area (TPSA) is 38.5 Å². The van der Waals surface area contributed by atoms with Gasteiger partial charge in [-0.3, -0.25) is 0 Å². The molecule has 2 N–H and O–H groups in total. The van der Waals surface area contributed by atoms with Gasteiger partial charge >= 0.3 is 0 Å². The third-order valence-electron chi connectivity index (χ3n) is 3.31. The molecule has 108 valence electrons. The van der Waals surface area contributed by atoms with E-state index >= 15 is 0 Å². The molecule has 0 spiro atoms. The first-order valence-corrected chi connectivity index (χ1v) is 6.84. The summed E-state index contributed by atoms with van der Waals surface area (Å²) in [5, 5.41) is 0. The minimum absolute atomic E-state index is 0.0972. The maximum Gasteiger partial charge on any atom is 0.124 e. The average Bonchev–Trinajstić information content (AvgIpc) is 2.25. The number of nitrogens with two attached hydrogens (primary N) is 1. The van der Waals surface area contributed by atoms with E-state index in [0.29, 0.717) is 0 Å². The first-order valence-electron chi connectivity index (χ1n) is 6.84. The monoisotopic (exact) mass is 264 g/mol. The molecule has 0 saturated heterocycles. The van der Waals surface area contributed by atoms with Crippen LogP contribution in [0.2, 0.25) is 0 Å². The third kappa shape index (κ3) is 5.21. The molecule has 0 aromatic heterocycles. The van der Waals surface area contributed by atoms with Crippen molar-refractivity contribution < 1.29 is 4.74 Å². The van der Waals surface area contributed by atoms with Crippen LogP contribution in [0.4, 0.5) is 0 Å².